The predicted octanol–water partition coefficient (Wildman–Crippen LogP) is 1.57. The van der Waals surface area contributed by atoms with Crippen LogP contribution in [0.4, 0.5) is 0 Å². The van der Waals surface area contributed by atoms with Crippen LogP contribution in [0.1, 0.15) is 26.7 Å². The maximum Gasteiger partial charge on any atom is 0.0546 e. The molecule has 0 aromatic carbocycles. The molecule has 0 aromatic rings. The Labute approximate surface area is 109 Å². The lowest BCUT2D eigenvalue weighted by atomic mass is 9.82. The lowest BCUT2D eigenvalue weighted by Crippen LogP contribution is -2.52. The smallest absolute Gasteiger partial charge is 0.0546 e. The van der Waals surface area contributed by atoms with Crippen LogP contribution in [0.25, 0.3) is 0 Å². The van der Waals surface area contributed by atoms with E-state index in [0.29, 0.717) is 4.75 Å². The molecule has 3 nitrogen and oxygen atoms in total. The molecule has 2 rings (SSSR count). The Morgan fingerprint density at radius 2 is 2.24 bits per heavy atom. The maximum atomic E-state index is 6.01. The molecule has 1 atom stereocenters. The van der Waals surface area contributed by atoms with Crippen molar-refractivity contribution >= 4 is 11.8 Å². The van der Waals surface area contributed by atoms with Gasteiger partial charge < -0.3 is 15.4 Å². The van der Waals surface area contributed by atoms with E-state index in [1.165, 1.54) is 31.7 Å². The largest absolute Gasteiger partial charge is 0.381 e. The predicted molar refractivity (Wildman–Crippen MR) is 74.5 cm³/mol. The van der Waals surface area contributed by atoms with Crippen LogP contribution < -0.4 is 5.73 Å². The fourth-order valence-electron chi connectivity index (χ4n) is 2.98. The third-order valence-electron chi connectivity index (χ3n) is 3.90. The molecule has 4 heteroatoms. The highest BCUT2D eigenvalue weighted by Crippen LogP contribution is 2.34. The lowest BCUT2D eigenvalue weighted by Gasteiger charge is -2.44. The number of hydrogen-bond acceptors (Lipinski definition) is 4. The molecule has 2 aliphatic rings. The first-order chi connectivity index (χ1) is 8.05. The van der Waals surface area contributed by atoms with Gasteiger partial charge in [-0.25, -0.2) is 0 Å². The standard InChI is InChI=1S/C13H26N2OS/c1-12(2)9-15(5-7-17-12)10-13(8-14)4-3-6-16-11-13/h3-11,14H2,1-2H3. The molecule has 0 amide bonds. The number of thioether (sulfide) groups is 1. The van der Waals surface area contributed by atoms with Gasteiger partial charge in [0.15, 0.2) is 0 Å². The van der Waals surface area contributed by atoms with Crippen LogP contribution in [-0.2, 0) is 4.74 Å². The average molecular weight is 258 g/mol. The van der Waals surface area contributed by atoms with E-state index in [1.807, 2.05) is 0 Å². The van der Waals surface area contributed by atoms with Crippen molar-refractivity contribution in [3.63, 3.8) is 0 Å². The first-order valence-electron chi connectivity index (χ1n) is 6.69. The highest BCUT2D eigenvalue weighted by Gasteiger charge is 2.36. The molecule has 2 saturated heterocycles. The van der Waals surface area contributed by atoms with Gasteiger partial charge in [-0.05, 0) is 26.7 Å². The fourth-order valence-corrected chi connectivity index (χ4v) is 4.16. The molecule has 2 heterocycles. The minimum absolute atomic E-state index is 0.219. The van der Waals surface area contributed by atoms with Crippen LogP contribution >= 0.6 is 11.8 Å². The molecule has 2 aliphatic heterocycles. The molecule has 0 aliphatic carbocycles. The zero-order chi connectivity index (χ0) is 12.4. The molecule has 0 bridgehead atoms. The van der Waals surface area contributed by atoms with Gasteiger partial charge in [-0.3, -0.25) is 0 Å². The molecule has 0 spiro atoms. The van der Waals surface area contributed by atoms with Crippen molar-refractivity contribution in [2.45, 2.75) is 31.4 Å². The van der Waals surface area contributed by atoms with E-state index in [0.717, 1.165) is 26.3 Å². The van der Waals surface area contributed by atoms with Gasteiger partial charge in [0.25, 0.3) is 0 Å². The van der Waals surface area contributed by atoms with Gasteiger partial charge in [0.05, 0.1) is 6.61 Å². The number of ether oxygens (including phenoxy) is 1. The monoisotopic (exact) mass is 258 g/mol. The van der Waals surface area contributed by atoms with Crippen LogP contribution in [0.5, 0.6) is 0 Å². The van der Waals surface area contributed by atoms with Crippen molar-refractivity contribution in [2.24, 2.45) is 11.1 Å². The molecule has 1 unspecified atom stereocenters. The summed E-state index contributed by atoms with van der Waals surface area (Å²) in [5.74, 6) is 1.24. The molecule has 2 N–H and O–H groups in total. The van der Waals surface area contributed by atoms with Crippen LogP contribution in [-0.4, -0.2) is 54.8 Å². The third-order valence-corrected chi connectivity index (χ3v) is 5.20. The first-order valence-corrected chi connectivity index (χ1v) is 7.68. The van der Waals surface area contributed by atoms with Gasteiger partial charge >= 0.3 is 0 Å². The topological polar surface area (TPSA) is 38.5 Å². The Bertz CT molecular complexity index is 252. The highest BCUT2D eigenvalue weighted by molar-refractivity contribution is 8.00. The van der Waals surface area contributed by atoms with Crippen molar-refractivity contribution in [2.75, 3.05) is 45.1 Å². The first kappa shape index (κ1) is 13.7. The van der Waals surface area contributed by atoms with Crippen LogP contribution in [0.15, 0.2) is 0 Å². The summed E-state index contributed by atoms with van der Waals surface area (Å²) < 4.78 is 6.05. The summed E-state index contributed by atoms with van der Waals surface area (Å²) >= 11 is 2.09. The van der Waals surface area contributed by atoms with Crippen molar-refractivity contribution in [1.29, 1.82) is 0 Å². The normalized spacial score (nSPS) is 34.8. The zero-order valence-corrected chi connectivity index (χ0v) is 12.0. The minimum Gasteiger partial charge on any atom is -0.381 e. The number of nitrogens with two attached hydrogens (primary N) is 1. The van der Waals surface area contributed by atoms with Gasteiger partial charge in [-0.2, -0.15) is 11.8 Å². The van der Waals surface area contributed by atoms with Crippen molar-refractivity contribution < 1.29 is 4.74 Å². The molecular formula is C13H26N2OS. The zero-order valence-electron chi connectivity index (χ0n) is 11.2. The SMILES string of the molecule is CC1(C)CN(CC2(CN)CCCOC2)CCS1. The second-order valence-electron chi connectivity index (χ2n) is 6.18. The van der Waals surface area contributed by atoms with Crippen molar-refractivity contribution in [3.05, 3.63) is 0 Å². The summed E-state index contributed by atoms with van der Waals surface area (Å²) in [4.78, 5) is 2.60. The minimum atomic E-state index is 0.219. The number of hydrogen-bond donors (Lipinski definition) is 1. The Hall–Kier alpha value is 0.230. The van der Waals surface area contributed by atoms with E-state index in [2.05, 4.69) is 30.5 Å². The third kappa shape index (κ3) is 3.60. The Balaban J connectivity index is 1.93. The van der Waals surface area contributed by atoms with Crippen LogP contribution in [0, 0.1) is 5.41 Å². The summed E-state index contributed by atoms with van der Waals surface area (Å²) in [7, 11) is 0. The molecule has 17 heavy (non-hydrogen) atoms. The van der Waals surface area contributed by atoms with E-state index in [9.17, 15) is 0 Å². The summed E-state index contributed by atoms with van der Waals surface area (Å²) in [6.45, 7) is 10.7. The number of rotatable bonds is 3. The van der Waals surface area contributed by atoms with Gasteiger partial charge in [0, 0.05) is 48.7 Å². The molecule has 0 aromatic heterocycles. The molecule has 100 valence electrons. The van der Waals surface area contributed by atoms with Crippen LogP contribution in [0.3, 0.4) is 0 Å². The van der Waals surface area contributed by atoms with Gasteiger partial charge in [-0.1, -0.05) is 0 Å². The van der Waals surface area contributed by atoms with Gasteiger partial charge in [0.2, 0.25) is 0 Å². The maximum absolute atomic E-state index is 6.01. The van der Waals surface area contributed by atoms with E-state index < -0.39 is 0 Å². The van der Waals surface area contributed by atoms with Gasteiger partial charge in [-0.15, -0.1) is 0 Å². The Morgan fingerprint density at radius 1 is 1.41 bits per heavy atom. The molecule has 0 radical (unpaired) electrons. The molecular weight excluding hydrogens is 232 g/mol. The summed E-state index contributed by atoms with van der Waals surface area (Å²) in [5.41, 5.74) is 6.23. The quantitative estimate of drug-likeness (QED) is 0.834. The lowest BCUT2D eigenvalue weighted by molar-refractivity contribution is -0.0223. The Morgan fingerprint density at radius 3 is 2.82 bits per heavy atom. The van der Waals surface area contributed by atoms with E-state index in [-0.39, 0.29) is 5.41 Å². The highest BCUT2D eigenvalue weighted by atomic mass is 32.2. The van der Waals surface area contributed by atoms with E-state index in [1.54, 1.807) is 0 Å². The fraction of sp³-hybridized carbons (Fsp3) is 1.00. The van der Waals surface area contributed by atoms with Crippen molar-refractivity contribution in [1.82, 2.24) is 4.90 Å². The second kappa shape index (κ2) is 5.47. The van der Waals surface area contributed by atoms with E-state index in [4.69, 9.17) is 10.5 Å². The number of nitrogens with zero attached hydrogens (tertiary/aromatic N) is 1. The van der Waals surface area contributed by atoms with Gasteiger partial charge in [0.1, 0.15) is 0 Å². The van der Waals surface area contributed by atoms with E-state index >= 15 is 0 Å². The Kier molecular flexibility index (Phi) is 4.40. The molecule has 0 saturated carbocycles. The average Bonchev–Trinajstić information content (AvgIpc) is 2.29. The van der Waals surface area contributed by atoms with Crippen molar-refractivity contribution in [3.8, 4) is 0 Å². The summed E-state index contributed by atoms with van der Waals surface area (Å²) in [6, 6.07) is 0. The second-order valence-corrected chi connectivity index (χ2v) is 7.98. The summed E-state index contributed by atoms with van der Waals surface area (Å²) in [5, 5.41) is 0. The summed E-state index contributed by atoms with van der Waals surface area (Å²) in [6.07, 6.45) is 2.40. The molecule has 2 fully saturated rings. The van der Waals surface area contributed by atoms with Crippen LogP contribution in [0.2, 0.25) is 0 Å².